The minimum absolute atomic E-state index is 0.237. The van der Waals surface area contributed by atoms with Crippen LogP contribution in [0.4, 0.5) is 5.69 Å². The molecule has 0 saturated heterocycles. The smallest absolute Gasteiger partial charge is 0.256 e. The first-order valence-corrected chi connectivity index (χ1v) is 9.91. The maximum Gasteiger partial charge on any atom is 0.256 e. The van der Waals surface area contributed by atoms with Gasteiger partial charge in [0, 0.05) is 32.8 Å². The molecule has 0 fully saturated rings. The van der Waals surface area contributed by atoms with Gasteiger partial charge in [0.2, 0.25) is 0 Å². The Hall–Kier alpha value is -3.35. The van der Waals surface area contributed by atoms with Crippen LogP contribution < -0.4 is 5.32 Å². The fourth-order valence-corrected chi connectivity index (χ4v) is 3.44. The SMILES string of the molecule is O=C(Nc1ccc(-c2csnn2)cc1)c1ccccc1C(=O)c1ccc(Cl)cc1. The second kappa shape index (κ2) is 8.34. The number of halogens is 1. The van der Waals surface area contributed by atoms with Crippen LogP contribution in [0.2, 0.25) is 5.02 Å². The maximum absolute atomic E-state index is 12.9. The van der Waals surface area contributed by atoms with Gasteiger partial charge in [0.1, 0.15) is 5.69 Å². The van der Waals surface area contributed by atoms with Gasteiger partial charge in [-0.3, -0.25) is 9.59 Å². The molecule has 1 N–H and O–H groups in total. The van der Waals surface area contributed by atoms with E-state index in [1.165, 1.54) is 11.5 Å². The molecule has 0 atom stereocenters. The molecule has 5 nitrogen and oxygen atoms in total. The molecule has 142 valence electrons. The Morgan fingerprint density at radius 3 is 2.21 bits per heavy atom. The molecule has 3 aromatic carbocycles. The molecule has 0 unspecified atom stereocenters. The van der Waals surface area contributed by atoms with Crippen LogP contribution in [0.3, 0.4) is 0 Å². The third-order valence-electron chi connectivity index (χ3n) is 4.32. The van der Waals surface area contributed by atoms with E-state index in [2.05, 4.69) is 14.9 Å². The zero-order valence-electron chi connectivity index (χ0n) is 15.0. The fourth-order valence-electron chi connectivity index (χ4n) is 2.85. The van der Waals surface area contributed by atoms with E-state index in [0.717, 1.165) is 11.3 Å². The summed E-state index contributed by atoms with van der Waals surface area (Å²) in [4.78, 5) is 25.7. The van der Waals surface area contributed by atoms with Gasteiger partial charge in [0.15, 0.2) is 5.78 Å². The van der Waals surface area contributed by atoms with Crippen molar-refractivity contribution in [3.63, 3.8) is 0 Å². The predicted octanol–water partition coefficient (Wildman–Crippen LogP) is 5.34. The number of rotatable bonds is 5. The summed E-state index contributed by atoms with van der Waals surface area (Å²) < 4.78 is 3.85. The molecule has 29 heavy (non-hydrogen) atoms. The minimum Gasteiger partial charge on any atom is -0.322 e. The van der Waals surface area contributed by atoms with Crippen LogP contribution in [0.15, 0.2) is 78.2 Å². The first-order valence-electron chi connectivity index (χ1n) is 8.70. The lowest BCUT2D eigenvalue weighted by Gasteiger charge is -2.10. The maximum atomic E-state index is 12.9. The largest absolute Gasteiger partial charge is 0.322 e. The molecule has 1 heterocycles. The summed E-state index contributed by atoms with van der Waals surface area (Å²) in [6.07, 6.45) is 0. The van der Waals surface area contributed by atoms with Crippen LogP contribution in [0, 0.1) is 0 Å². The Morgan fingerprint density at radius 2 is 1.55 bits per heavy atom. The van der Waals surface area contributed by atoms with Crippen molar-refractivity contribution in [1.82, 2.24) is 9.59 Å². The number of carbonyl (C=O) groups is 2. The average molecular weight is 420 g/mol. The van der Waals surface area contributed by atoms with Gasteiger partial charge in [-0.25, -0.2) is 0 Å². The van der Waals surface area contributed by atoms with Gasteiger partial charge >= 0.3 is 0 Å². The van der Waals surface area contributed by atoms with Gasteiger partial charge in [0.05, 0.1) is 5.56 Å². The number of amides is 1. The lowest BCUT2D eigenvalue weighted by Crippen LogP contribution is -2.16. The highest BCUT2D eigenvalue weighted by molar-refractivity contribution is 7.03. The summed E-state index contributed by atoms with van der Waals surface area (Å²) in [6.45, 7) is 0. The number of nitrogens with one attached hydrogen (secondary N) is 1. The van der Waals surface area contributed by atoms with Crippen LogP contribution in [0.1, 0.15) is 26.3 Å². The molecule has 0 aliphatic carbocycles. The zero-order valence-corrected chi connectivity index (χ0v) is 16.6. The molecule has 4 aromatic rings. The predicted molar refractivity (Wildman–Crippen MR) is 115 cm³/mol. The van der Waals surface area contributed by atoms with Crippen molar-refractivity contribution in [3.05, 3.63) is 99.9 Å². The first kappa shape index (κ1) is 19.0. The van der Waals surface area contributed by atoms with Crippen LogP contribution in [-0.4, -0.2) is 21.3 Å². The van der Waals surface area contributed by atoms with Crippen LogP contribution >= 0.6 is 23.1 Å². The van der Waals surface area contributed by atoms with Crippen LogP contribution in [0.5, 0.6) is 0 Å². The van der Waals surface area contributed by atoms with E-state index in [4.69, 9.17) is 11.6 Å². The Labute approximate surface area is 176 Å². The van der Waals surface area contributed by atoms with Gasteiger partial charge in [-0.15, -0.1) is 5.10 Å². The summed E-state index contributed by atoms with van der Waals surface area (Å²) in [5.74, 6) is -0.593. The van der Waals surface area contributed by atoms with Gasteiger partial charge < -0.3 is 5.32 Å². The van der Waals surface area contributed by atoms with Crippen molar-refractivity contribution < 1.29 is 9.59 Å². The van der Waals surface area contributed by atoms with E-state index < -0.39 is 0 Å². The quantitative estimate of drug-likeness (QED) is 0.443. The van der Waals surface area contributed by atoms with Crippen molar-refractivity contribution >= 4 is 40.5 Å². The highest BCUT2D eigenvalue weighted by atomic mass is 35.5. The summed E-state index contributed by atoms with van der Waals surface area (Å²) in [6, 6.07) is 20.6. The van der Waals surface area contributed by atoms with Crippen molar-refractivity contribution in [2.75, 3.05) is 5.32 Å². The molecule has 1 amide bonds. The third kappa shape index (κ3) is 4.23. The highest BCUT2D eigenvalue weighted by Gasteiger charge is 2.18. The molecule has 1 aromatic heterocycles. The summed E-state index contributed by atoms with van der Waals surface area (Å²) >= 11 is 7.18. The number of carbonyl (C=O) groups excluding carboxylic acids is 2. The van der Waals surface area contributed by atoms with Crippen molar-refractivity contribution in [2.24, 2.45) is 0 Å². The monoisotopic (exact) mass is 419 g/mol. The third-order valence-corrected chi connectivity index (χ3v) is 5.08. The molecule has 0 bridgehead atoms. The first-order chi connectivity index (χ1) is 14.1. The fraction of sp³-hybridized carbons (Fsp3) is 0. The number of nitrogens with zero attached hydrogens (tertiary/aromatic N) is 2. The molecule has 0 spiro atoms. The van der Waals surface area contributed by atoms with Gasteiger partial charge in [0.25, 0.3) is 5.91 Å². The van der Waals surface area contributed by atoms with E-state index in [9.17, 15) is 9.59 Å². The van der Waals surface area contributed by atoms with Gasteiger partial charge in [-0.05, 0) is 54.0 Å². The molecule has 4 rings (SSSR count). The number of hydrogen-bond donors (Lipinski definition) is 1. The topological polar surface area (TPSA) is 72.0 Å². The lowest BCUT2D eigenvalue weighted by atomic mass is 9.98. The molecular weight excluding hydrogens is 406 g/mol. The summed E-state index contributed by atoms with van der Waals surface area (Å²) in [5, 5.41) is 9.27. The van der Waals surface area contributed by atoms with E-state index in [1.54, 1.807) is 60.7 Å². The number of anilines is 1. The zero-order chi connectivity index (χ0) is 20.2. The van der Waals surface area contributed by atoms with E-state index in [0.29, 0.717) is 27.4 Å². The number of aromatic nitrogens is 2. The molecule has 7 heteroatoms. The normalized spacial score (nSPS) is 10.5. The second-order valence-electron chi connectivity index (χ2n) is 6.20. The van der Waals surface area contributed by atoms with Crippen molar-refractivity contribution in [2.45, 2.75) is 0 Å². The second-order valence-corrected chi connectivity index (χ2v) is 7.25. The van der Waals surface area contributed by atoms with E-state index >= 15 is 0 Å². The Bertz CT molecular complexity index is 1160. The minimum atomic E-state index is -0.356. The Morgan fingerprint density at radius 1 is 0.862 bits per heavy atom. The summed E-state index contributed by atoms with van der Waals surface area (Å²) in [5.41, 5.74) is 3.42. The molecule has 0 radical (unpaired) electrons. The standard InChI is InChI=1S/C22H14ClN3O2S/c23-16-9-5-15(6-10-16)21(27)18-3-1-2-4-19(18)22(28)24-17-11-7-14(8-12-17)20-13-29-26-25-20/h1-13H,(H,24,28). The van der Waals surface area contributed by atoms with Crippen molar-refractivity contribution in [3.8, 4) is 11.3 Å². The van der Waals surface area contributed by atoms with E-state index in [-0.39, 0.29) is 11.7 Å². The Kier molecular flexibility index (Phi) is 5.46. The van der Waals surface area contributed by atoms with Crippen LogP contribution in [0.25, 0.3) is 11.3 Å². The number of ketones is 1. The van der Waals surface area contributed by atoms with Crippen LogP contribution in [-0.2, 0) is 0 Å². The van der Waals surface area contributed by atoms with E-state index in [1.807, 2.05) is 17.5 Å². The number of benzene rings is 3. The average Bonchev–Trinajstić information content (AvgIpc) is 3.29. The van der Waals surface area contributed by atoms with Crippen molar-refractivity contribution in [1.29, 1.82) is 0 Å². The molecule has 0 saturated carbocycles. The summed E-state index contributed by atoms with van der Waals surface area (Å²) in [7, 11) is 0. The highest BCUT2D eigenvalue weighted by Crippen LogP contribution is 2.22. The number of hydrogen-bond acceptors (Lipinski definition) is 5. The van der Waals surface area contributed by atoms with Gasteiger partial charge in [-0.2, -0.15) is 0 Å². The molecular formula is C22H14ClN3O2S. The lowest BCUT2D eigenvalue weighted by molar-refractivity contribution is 0.0996. The van der Waals surface area contributed by atoms with Gasteiger partial charge in [-0.1, -0.05) is 46.4 Å². The Balaban J connectivity index is 1.56. The molecule has 0 aliphatic heterocycles. The molecule has 0 aliphatic rings.